The predicted octanol–water partition coefficient (Wildman–Crippen LogP) is 2.94. The Balaban J connectivity index is 1.60. The Bertz CT molecular complexity index is 323. The second-order valence-corrected chi connectivity index (χ2v) is 5.12. The number of pyridine rings is 1. The molecule has 1 aliphatic rings. The summed E-state index contributed by atoms with van der Waals surface area (Å²) in [7, 11) is 0. The molecule has 1 aromatic heterocycles. The van der Waals surface area contributed by atoms with E-state index in [-0.39, 0.29) is 6.10 Å². The highest BCUT2D eigenvalue weighted by Crippen LogP contribution is 2.18. The van der Waals surface area contributed by atoms with Gasteiger partial charge in [-0.05, 0) is 63.7 Å². The van der Waals surface area contributed by atoms with Gasteiger partial charge >= 0.3 is 0 Å². The quantitative estimate of drug-likeness (QED) is 0.786. The summed E-state index contributed by atoms with van der Waals surface area (Å²) in [4.78, 5) is 4.31. The van der Waals surface area contributed by atoms with E-state index < -0.39 is 0 Å². The molecule has 0 bridgehead atoms. The van der Waals surface area contributed by atoms with Crippen LogP contribution in [0.4, 0.5) is 0 Å². The molecule has 18 heavy (non-hydrogen) atoms. The smallest absolute Gasteiger partial charge is 0.0966 e. The molecule has 1 aliphatic heterocycles. The van der Waals surface area contributed by atoms with Gasteiger partial charge in [-0.25, -0.2) is 0 Å². The number of hydrogen-bond acceptors (Lipinski definition) is 3. The van der Waals surface area contributed by atoms with Gasteiger partial charge in [-0.1, -0.05) is 6.07 Å². The summed E-state index contributed by atoms with van der Waals surface area (Å²) in [5.74, 6) is 0.854. The van der Waals surface area contributed by atoms with Crippen LogP contribution in [0.25, 0.3) is 0 Å². The average Bonchev–Trinajstić information content (AvgIpc) is 2.45. The van der Waals surface area contributed by atoms with Crippen LogP contribution in [0.1, 0.15) is 44.4 Å². The number of rotatable bonds is 6. The number of nitrogens with one attached hydrogen (secondary N) is 1. The van der Waals surface area contributed by atoms with Crippen molar-refractivity contribution in [3.05, 3.63) is 30.1 Å². The molecule has 1 saturated heterocycles. The van der Waals surface area contributed by atoms with Gasteiger partial charge in [-0.3, -0.25) is 4.98 Å². The highest BCUT2D eigenvalue weighted by Gasteiger charge is 2.12. The van der Waals surface area contributed by atoms with E-state index in [1.807, 2.05) is 24.4 Å². The normalized spacial score (nSPS) is 21.7. The van der Waals surface area contributed by atoms with Crippen LogP contribution in [0, 0.1) is 5.92 Å². The first kappa shape index (κ1) is 13.5. The number of ether oxygens (including phenoxy) is 1. The van der Waals surface area contributed by atoms with E-state index in [1.165, 1.54) is 32.4 Å². The summed E-state index contributed by atoms with van der Waals surface area (Å²) in [5.41, 5.74) is 1.02. The van der Waals surface area contributed by atoms with Gasteiger partial charge in [-0.2, -0.15) is 0 Å². The predicted molar refractivity (Wildman–Crippen MR) is 73.4 cm³/mol. The van der Waals surface area contributed by atoms with Crippen LogP contribution in [0.2, 0.25) is 0 Å². The van der Waals surface area contributed by atoms with Crippen molar-refractivity contribution in [1.82, 2.24) is 10.3 Å². The molecule has 0 amide bonds. The van der Waals surface area contributed by atoms with Crippen molar-refractivity contribution in [1.29, 1.82) is 0 Å². The second-order valence-electron chi connectivity index (χ2n) is 5.12. The maximum atomic E-state index is 5.84. The second kappa shape index (κ2) is 7.49. The van der Waals surface area contributed by atoms with Crippen LogP contribution in [0.15, 0.2) is 24.4 Å². The fraction of sp³-hybridized carbons (Fsp3) is 0.667. The average molecular weight is 248 g/mol. The Hall–Kier alpha value is -0.930. The molecule has 2 heterocycles. The van der Waals surface area contributed by atoms with Gasteiger partial charge in [0.1, 0.15) is 0 Å². The molecule has 0 aromatic carbocycles. The Morgan fingerprint density at radius 1 is 1.50 bits per heavy atom. The van der Waals surface area contributed by atoms with Crippen molar-refractivity contribution in [3.63, 3.8) is 0 Å². The molecular weight excluding hydrogens is 224 g/mol. The summed E-state index contributed by atoms with van der Waals surface area (Å²) in [6.45, 7) is 5.30. The topological polar surface area (TPSA) is 34.1 Å². The maximum absolute atomic E-state index is 5.84. The molecule has 0 radical (unpaired) electrons. The van der Waals surface area contributed by atoms with Gasteiger partial charge in [0.05, 0.1) is 11.8 Å². The molecular formula is C15H24N2O. The molecule has 2 atom stereocenters. The third-order valence-corrected chi connectivity index (χ3v) is 3.63. The van der Waals surface area contributed by atoms with Gasteiger partial charge < -0.3 is 10.1 Å². The zero-order chi connectivity index (χ0) is 12.6. The summed E-state index contributed by atoms with van der Waals surface area (Å²) in [6.07, 6.45) is 7.07. The van der Waals surface area contributed by atoms with E-state index in [9.17, 15) is 0 Å². The fourth-order valence-electron chi connectivity index (χ4n) is 2.50. The first-order valence-electron chi connectivity index (χ1n) is 7.09. The van der Waals surface area contributed by atoms with Crippen LogP contribution in [0.5, 0.6) is 0 Å². The van der Waals surface area contributed by atoms with Crippen molar-refractivity contribution in [2.45, 2.75) is 38.7 Å². The molecule has 1 fully saturated rings. The molecule has 0 aliphatic carbocycles. The van der Waals surface area contributed by atoms with E-state index >= 15 is 0 Å². The number of nitrogens with zero attached hydrogens (tertiary/aromatic N) is 1. The lowest BCUT2D eigenvalue weighted by Crippen LogP contribution is -2.29. The molecule has 1 aromatic rings. The molecule has 2 unspecified atom stereocenters. The van der Waals surface area contributed by atoms with Gasteiger partial charge in [0, 0.05) is 12.8 Å². The molecule has 0 saturated carbocycles. The Morgan fingerprint density at radius 2 is 2.44 bits per heavy atom. The molecule has 2 rings (SSSR count). The van der Waals surface area contributed by atoms with Crippen LogP contribution in [-0.2, 0) is 4.74 Å². The van der Waals surface area contributed by atoms with E-state index in [2.05, 4.69) is 17.2 Å². The number of aromatic nitrogens is 1. The Kier molecular flexibility index (Phi) is 5.62. The van der Waals surface area contributed by atoms with Crippen molar-refractivity contribution >= 4 is 0 Å². The molecule has 100 valence electrons. The minimum Gasteiger partial charge on any atom is -0.372 e. The third kappa shape index (κ3) is 4.39. The van der Waals surface area contributed by atoms with Crippen LogP contribution < -0.4 is 5.32 Å². The monoisotopic (exact) mass is 248 g/mol. The summed E-state index contributed by atoms with van der Waals surface area (Å²) in [5, 5.41) is 3.46. The summed E-state index contributed by atoms with van der Waals surface area (Å²) >= 11 is 0. The van der Waals surface area contributed by atoms with Crippen molar-refractivity contribution in [2.75, 3.05) is 19.7 Å². The minimum atomic E-state index is 0.107. The third-order valence-electron chi connectivity index (χ3n) is 3.63. The van der Waals surface area contributed by atoms with Crippen LogP contribution in [0.3, 0.4) is 0 Å². The first-order valence-corrected chi connectivity index (χ1v) is 7.09. The number of hydrogen-bond donors (Lipinski definition) is 1. The van der Waals surface area contributed by atoms with Gasteiger partial charge in [0.15, 0.2) is 0 Å². The lowest BCUT2D eigenvalue weighted by molar-refractivity contribution is 0.0575. The van der Waals surface area contributed by atoms with Gasteiger partial charge in [-0.15, -0.1) is 0 Å². The Labute approximate surface area is 110 Å². The molecule has 3 nitrogen and oxygen atoms in total. The van der Waals surface area contributed by atoms with Crippen LogP contribution >= 0.6 is 0 Å². The van der Waals surface area contributed by atoms with Crippen molar-refractivity contribution < 1.29 is 4.74 Å². The zero-order valence-electron chi connectivity index (χ0n) is 11.3. The van der Waals surface area contributed by atoms with Crippen molar-refractivity contribution in [2.24, 2.45) is 5.92 Å². The SMILES string of the molecule is CC(OCCCC1CCCNC1)c1ccccn1. The zero-order valence-corrected chi connectivity index (χ0v) is 11.3. The van der Waals surface area contributed by atoms with Crippen LogP contribution in [-0.4, -0.2) is 24.7 Å². The largest absolute Gasteiger partial charge is 0.372 e. The lowest BCUT2D eigenvalue weighted by Gasteiger charge is -2.22. The first-order chi connectivity index (χ1) is 8.86. The van der Waals surface area contributed by atoms with Crippen molar-refractivity contribution in [3.8, 4) is 0 Å². The van der Waals surface area contributed by atoms with E-state index in [4.69, 9.17) is 4.74 Å². The highest BCUT2D eigenvalue weighted by molar-refractivity contribution is 5.05. The standard InChI is InChI=1S/C15H24N2O/c1-13(15-8-2-3-10-17-15)18-11-5-7-14-6-4-9-16-12-14/h2-3,8,10,13-14,16H,4-7,9,11-12H2,1H3. The minimum absolute atomic E-state index is 0.107. The lowest BCUT2D eigenvalue weighted by atomic mass is 9.95. The van der Waals surface area contributed by atoms with E-state index in [0.717, 1.165) is 24.6 Å². The maximum Gasteiger partial charge on any atom is 0.0966 e. The summed E-state index contributed by atoms with van der Waals surface area (Å²) in [6, 6.07) is 5.97. The van der Waals surface area contributed by atoms with Gasteiger partial charge in [0.2, 0.25) is 0 Å². The molecule has 3 heteroatoms. The van der Waals surface area contributed by atoms with E-state index in [0.29, 0.717) is 0 Å². The summed E-state index contributed by atoms with van der Waals surface area (Å²) < 4.78 is 5.84. The van der Waals surface area contributed by atoms with E-state index in [1.54, 1.807) is 0 Å². The molecule has 1 N–H and O–H groups in total. The highest BCUT2D eigenvalue weighted by atomic mass is 16.5. The Morgan fingerprint density at radius 3 is 3.17 bits per heavy atom. The number of piperidine rings is 1. The molecule has 0 spiro atoms. The van der Waals surface area contributed by atoms with Gasteiger partial charge in [0.25, 0.3) is 0 Å². The fourth-order valence-corrected chi connectivity index (χ4v) is 2.50.